The van der Waals surface area contributed by atoms with Crippen LogP contribution in [-0.4, -0.2) is 21.9 Å². The highest BCUT2D eigenvalue weighted by Gasteiger charge is 2.31. The second-order valence-corrected chi connectivity index (χ2v) is 10.6. The van der Waals surface area contributed by atoms with Gasteiger partial charge in [0.15, 0.2) is 0 Å². The fourth-order valence-corrected chi connectivity index (χ4v) is 6.27. The predicted octanol–water partition coefficient (Wildman–Crippen LogP) is 4.32. The highest BCUT2D eigenvalue weighted by Crippen LogP contribution is 2.34. The number of sulfone groups is 2. The van der Waals surface area contributed by atoms with Gasteiger partial charge in [0.05, 0.1) is 14.7 Å². The van der Waals surface area contributed by atoms with Gasteiger partial charge in [0.1, 0.15) is 16.5 Å². The van der Waals surface area contributed by atoms with Gasteiger partial charge in [-0.2, -0.15) is 0 Å². The number of aromatic hydroxyl groups is 1. The van der Waals surface area contributed by atoms with Gasteiger partial charge in [-0.15, -0.1) is 0 Å². The average molecular weight is 435 g/mol. The van der Waals surface area contributed by atoms with Gasteiger partial charge in [-0.1, -0.05) is 38.1 Å². The summed E-state index contributed by atoms with van der Waals surface area (Å²) in [5.41, 5.74) is 0.925. The van der Waals surface area contributed by atoms with Gasteiger partial charge in [-0.25, -0.2) is 21.2 Å². The van der Waals surface area contributed by atoms with Crippen molar-refractivity contribution in [1.29, 1.82) is 0 Å². The molecule has 1 N–H and O–H groups in total. The van der Waals surface area contributed by atoms with E-state index in [4.69, 9.17) is 0 Å². The first-order valence-electron chi connectivity index (χ1n) is 8.73. The fraction of sp³-hybridized carbons (Fsp3) is 0.143. The third kappa shape index (κ3) is 3.90. The molecule has 0 amide bonds. The van der Waals surface area contributed by atoms with Crippen molar-refractivity contribution in [2.24, 2.45) is 0 Å². The molecule has 0 heterocycles. The Morgan fingerprint density at radius 3 is 1.97 bits per heavy atom. The topological polar surface area (TPSA) is 88.5 Å². The van der Waals surface area contributed by atoms with E-state index in [1.807, 2.05) is 13.8 Å². The SMILES string of the molecule is CC(C)c1ccc(S(=O)(=O)c2ccc(O)cc2S(=O)(=O)c2ccccc2F)cc1. The quantitative estimate of drug-likeness (QED) is 0.646. The summed E-state index contributed by atoms with van der Waals surface area (Å²) in [6.07, 6.45) is 0. The zero-order chi connectivity index (χ0) is 21.4. The van der Waals surface area contributed by atoms with Gasteiger partial charge in [0.25, 0.3) is 0 Å². The molecule has 0 bridgehead atoms. The molecule has 0 saturated heterocycles. The Bertz CT molecular complexity index is 1260. The number of phenols is 1. The average Bonchev–Trinajstić information content (AvgIpc) is 2.68. The summed E-state index contributed by atoms with van der Waals surface area (Å²) in [7, 11) is -8.80. The van der Waals surface area contributed by atoms with Crippen molar-refractivity contribution in [2.45, 2.75) is 39.3 Å². The molecule has 3 aromatic rings. The number of halogens is 1. The van der Waals surface area contributed by atoms with Gasteiger partial charge < -0.3 is 5.11 Å². The van der Waals surface area contributed by atoms with Crippen LogP contribution in [0, 0.1) is 5.82 Å². The van der Waals surface area contributed by atoms with E-state index >= 15 is 0 Å². The predicted molar refractivity (Wildman–Crippen MR) is 106 cm³/mol. The lowest BCUT2D eigenvalue weighted by Crippen LogP contribution is -2.12. The summed E-state index contributed by atoms with van der Waals surface area (Å²) in [5.74, 6) is -1.27. The first kappa shape index (κ1) is 21.0. The second-order valence-electron chi connectivity index (χ2n) is 6.79. The lowest BCUT2D eigenvalue weighted by atomic mass is 10.0. The molecule has 0 atom stereocenters. The summed E-state index contributed by atoms with van der Waals surface area (Å²) in [6, 6.07) is 13.7. The van der Waals surface area contributed by atoms with Crippen molar-refractivity contribution in [3.05, 3.63) is 78.1 Å². The van der Waals surface area contributed by atoms with Crippen LogP contribution in [0.3, 0.4) is 0 Å². The summed E-state index contributed by atoms with van der Waals surface area (Å²) in [6.45, 7) is 3.92. The second kappa shape index (κ2) is 7.61. The van der Waals surface area contributed by atoms with Gasteiger partial charge in [0, 0.05) is 6.07 Å². The smallest absolute Gasteiger partial charge is 0.210 e. The minimum atomic E-state index is -4.55. The van der Waals surface area contributed by atoms with Crippen LogP contribution in [0.2, 0.25) is 0 Å². The standard InChI is InChI=1S/C21H19FO5S2/c1-14(2)15-7-10-17(11-8-15)28(24,25)20-12-9-16(23)13-21(20)29(26,27)19-6-4-3-5-18(19)22/h3-14,23H,1-2H3. The molecule has 0 radical (unpaired) electrons. The Morgan fingerprint density at radius 1 is 0.759 bits per heavy atom. The Balaban J connectivity index is 2.23. The van der Waals surface area contributed by atoms with Crippen LogP contribution < -0.4 is 0 Å². The van der Waals surface area contributed by atoms with Crippen LogP contribution in [0.1, 0.15) is 25.3 Å². The molecule has 29 heavy (non-hydrogen) atoms. The summed E-state index contributed by atoms with van der Waals surface area (Å²) in [5, 5.41) is 9.80. The molecule has 0 aliphatic rings. The highest BCUT2D eigenvalue weighted by molar-refractivity contribution is 7.94. The number of phenolic OH excluding ortho intramolecular Hbond substituents is 1. The van der Waals surface area contributed by atoms with E-state index in [9.17, 15) is 26.3 Å². The minimum absolute atomic E-state index is 0.0995. The molecule has 0 aromatic heterocycles. The first-order chi connectivity index (χ1) is 13.5. The molecular weight excluding hydrogens is 415 g/mol. The summed E-state index contributed by atoms with van der Waals surface area (Å²) >= 11 is 0. The molecule has 0 aliphatic heterocycles. The monoisotopic (exact) mass is 434 g/mol. The van der Waals surface area contributed by atoms with E-state index in [0.29, 0.717) is 0 Å². The fourth-order valence-electron chi connectivity index (χ4n) is 2.87. The maximum Gasteiger partial charge on any atom is 0.210 e. The normalized spacial score (nSPS) is 12.3. The van der Waals surface area contributed by atoms with Crippen LogP contribution in [0.25, 0.3) is 0 Å². The molecule has 0 spiro atoms. The number of hydrogen-bond acceptors (Lipinski definition) is 5. The van der Waals surface area contributed by atoms with Crippen molar-refractivity contribution in [1.82, 2.24) is 0 Å². The molecule has 0 aliphatic carbocycles. The van der Waals surface area contributed by atoms with E-state index in [0.717, 1.165) is 35.9 Å². The van der Waals surface area contributed by atoms with Crippen LogP contribution in [0.5, 0.6) is 5.75 Å². The Morgan fingerprint density at radius 2 is 1.38 bits per heavy atom. The van der Waals surface area contributed by atoms with Crippen LogP contribution in [-0.2, 0) is 19.7 Å². The van der Waals surface area contributed by atoms with E-state index < -0.39 is 45.9 Å². The number of hydrogen-bond donors (Lipinski definition) is 1. The Labute approximate surface area is 169 Å². The lowest BCUT2D eigenvalue weighted by Gasteiger charge is -2.13. The maximum absolute atomic E-state index is 14.2. The molecule has 0 fully saturated rings. The van der Waals surface area contributed by atoms with Gasteiger partial charge in [-0.3, -0.25) is 0 Å². The maximum atomic E-state index is 14.2. The molecular formula is C21H19FO5S2. The van der Waals surface area contributed by atoms with Crippen LogP contribution in [0.15, 0.2) is 86.3 Å². The van der Waals surface area contributed by atoms with E-state index in [-0.39, 0.29) is 10.8 Å². The van der Waals surface area contributed by atoms with Crippen molar-refractivity contribution >= 4 is 19.7 Å². The first-order valence-corrected chi connectivity index (χ1v) is 11.7. The minimum Gasteiger partial charge on any atom is -0.508 e. The number of rotatable bonds is 5. The summed E-state index contributed by atoms with van der Waals surface area (Å²) < 4.78 is 66.6. The van der Waals surface area contributed by atoms with Crippen molar-refractivity contribution in [3.8, 4) is 5.75 Å². The molecule has 8 heteroatoms. The van der Waals surface area contributed by atoms with E-state index in [1.165, 1.54) is 24.3 Å². The third-order valence-electron chi connectivity index (χ3n) is 4.49. The van der Waals surface area contributed by atoms with Crippen molar-refractivity contribution in [3.63, 3.8) is 0 Å². The summed E-state index contributed by atoms with van der Waals surface area (Å²) in [4.78, 5) is -1.99. The largest absolute Gasteiger partial charge is 0.508 e. The third-order valence-corrected chi connectivity index (χ3v) is 8.27. The molecule has 0 unspecified atom stereocenters. The van der Waals surface area contributed by atoms with Crippen LogP contribution in [0.4, 0.5) is 4.39 Å². The Kier molecular flexibility index (Phi) is 5.51. The molecule has 3 aromatic carbocycles. The van der Waals surface area contributed by atoms with Crippen molar-refractivity contribution in [2.75, 3.05) is 0 Å². The number of benzene rings is 3. The lowest BCUT2D eigenvalue weighted by molar-refractivity contribution is 0.471. The Hall–Kier alpha value is -2.71. The van der Waals surface area contributed by atoms with Crippen molar-refractivity contribution < 1.29 is 26.3 Å². The molecule has 3 rings (SSSR count). The van der Waals surface area contributed by atoms with Crippen LogP contribution >= 0.6 is 0 Å². The molecule has 5 nitrogen and oxygen atoms in total. The molecule has 152 valence electrons. The van der Waals surface area contributed by atoms with Gasteiger partial charge >= 0.3 is 0 Å². The zero-order valence-corrected chi connectivity index (χ0v) is 17.3. The van der Waals surface area contributed by atoms with E-state index in [1.54, 1.807) is 12.1 Å². The zero-order valence-electron chi connectivity index (χ0n) is 15.7. The van der Waals surface area contributed by atoms with E-state index in [2.05, 4.69) is 0 Å². The van der Waals surface area contributed by atoms with Gasteiger partial charge in [-0.05, 0) is 47.9 Å². The van der Waals surface area contributed by atoms with Gasteiger partial charge in [0.2, 0.25) is 19.7 Å². The highest BCUT2D eigenvalue weighted by atomic mass is 32.2. The molecule has 0 saturated carbocycles.